The molecule has 2 aliphatic rings. The highest BCUT2D eigenvalue weighted by Crippen LogP contribution is 2.44. The van der Waals surface area contributed by atoms with Crippen LogP contribution in [-0.2, 0) is 9.59 Å². The van der Waals surface area contributed by atoms with E-state index in [1.165, 1.54) is 11.0 Å². The molecular weight excluding hydrogens is 242 g/mol. The van der Waals surface area contributed by atoms with Crippen molar-refractivity contribution in [2.45, 2.75) is 26.7 Å². The molecule has 2 atom stereocenters. The molecule has 1 aliphatic carbocycles. The molecule has 1 aliphatic heterocycles. The number of carbonyl (C=O) groups excluding carboxylic acids is 2. The van der Waals surface area contributed by atoms with Crippen LogP contribution in [0.4, 0.5) is 5.69 Å². The van der Waals surface area contributed by atoms with Crippen LogP contribution in [0.3, 0.4) is 0 Å². The van der Waals surface area contributed by atoms with Gasteiger partial charge >= 0.3 is 0 Å². The summed E-state index contributed by atoms with van der Waals surface area (Å²) in [7, 11) is 0. The van der Waals surface area contributed by atoms with E-state index in [1.807, 2.05) is 0 Å². The Morgan fingerprint density at radius 3 is 2.26 bits per heavy atom. The van der Waals surface area contributed by atoms with Crippen molar-refractivity contribution in [1.82, 2.24) is 0 Å². The molecule has 1 aromatic carbocycles. The molecule has 4 nitrogen and oxygen atoms in total. The van der Waals surface area contributed by atoms with E-state index in [9.17, 15) is 14.7 Å². The maximum Gasteiger partial charge on any atom is 0.237 e. The van der Waals surface area contributed by atoms with Gasteiger partial charge in [0.1, 0.15) is 5.75 Å². The Morgan fingerprint density at radius 1 is 1.16 bits per heavy atom. The first-order chi connectivity index (χ1) is 8.99. The highest BCUT2D eigenvalue weighted by Gasteiger charge is 2.52. The summed E-state index contributed by atoms with van der Waals surface area (Å²) in [5.74, 6) is 0.160. The number of carbonyl (C=O) groups is 2. The average Bonchev–Trinajstić information content (AvgIpc) is 2.82. The monoisotopic (exact) mass is 259 g/mol. The van der Waals surface area contributed by atoms with Gasteiger partial charge in [0, 0.05) is 0 Å². The van der Waals surface area contributed by atoms with E-state index in [-0.39, 0.29) is 29.4 Å². The molecule has 1 saturated carbocycles. The summed E-state index contributed by atoms with van der Waals surface area (Å²) in [6.45, 7) is 3.89. The van der Waals surface area contributed by atoms with Gasteiger partial charge in [0.15, 0.2) is 0 Å². The molecule has 2 amide bonds. The van der Waals surface area contributed by atoms with Crippen molar-refractivity contribution in [2.75, 3.05) is 4.90 Å². The highest BCUT2D eigenvalue weighted by molar-refractivity contribution is 6.22. The van der Waals surface area contributed by atoms with Crippen LogP contribution >= 0.6 is 0 Å². The number of aryl methyl sites for hydroxylation is 1. The SMILES string of the molecule is Cc1cc(O)ccc1N1C(=O)C2CC(C)CC2C1=O. The van der Waals surface area contributed by atoms with Crippen LogP contribution in [0.25, 0.3) is 0 Å². The number of benzene rings is 1. The molecular formula is C15H17NO3. The summed E-state index contributed by atoms with van der Waals surface area (Å²) in [6, 6.07) is 4.73. The van der Waals surface area contributed by atoms with Crippen LogP contribution in [0, 0.1) is 24.7 Å². The van der Waals surface area contributed by atoms with E-state index >= 15 is 0 Å². The van der Waals surface area contributed by atoms with Gasteiger partial charge in [-0.25, -0.2) is 4.90 Å². The maximum atomic E-state index is 12.4. The number of hydrogen-bond donors (Lipinski definition) is 1. The Kier molecular flexibility index (Phi) is 2.62. The lowest BCUT2D eigenvalue weighted by atomic mass is 10.00. The normalized spacial score (nSPS) is 30.0. The Hall–Kier alpha value is -1.84. The van der Waals surface area contributed by atoms with Crippen molar-refractivity contribution in [3.8, 4) is 5.75 Å². The molecule has 2 unspecified atom stereocenters. The second kappa shape index (κ2) is 4.08. The van der Waals surface area contributed by atoms with E-state index in [2.05, 4.69) is 6.92 Å². The van der Waals surface area contributed by atoms with E-state index in [1.54, 1.807) is 19.1 Å². The number of imide groups is 1. The minimum absolute atomic E-state index is 0.0758. The van der Waals surface area contributed by atoms with E-state index in [0.29, 0.717) is 11.6 Å². The predicted molar refractivity (Wildman–Crippen MR) is 70.7 cm³/mol. The number of fused-ring (bicyclic) bond motifs is 1. The molecule has 3 rings (SSSR count). The van der Waals surface area contributed by atoms with Gasteiger partial charge in [-0.3, -0.25) is 9.59 Å². The third-order valence-electron chi connectivity index (χ3n) is 4.29. The van der Waals surface area contributed by atoms with Gasteiger partial charge in [0.25, 0.3) is 0 Å². The lowest BCUT2D eigenvalue weighted by Crippen LogP contribution is -2.32. The van der Waals surface area contributed by atoms with Crippen molar-refractivity contribution in [1.29, 1.82) is 0 Å². The first-order valence-corrected chi connectivity index (χ1v) is 6.66. The number of nitrogens with zero attached hydrogens (tertiary/aromatic N) is 1. The second-order valence-electron chi connectivity index (χ2n) is 5.77. The maximum absolute atomic E-state index is 12.4. The summed E-state index contributed by atoms with van der Waals surface area (Å²) in [5.41, 5.74) is 1.35. The van der Waals surface area contributed by atoms with Crippen LogP contribution in [0.5, 0.6) is 5.75 Å². The summed E-state index contributed by atoms with van der Waals surface area (Å²) in [6.07, 6.45) is 1.62. The second-order valence-corrected chi connectivity index (χ2v) is 5.77. The van der Waals surface area contributed by atoms with E-state index < -0.39 is 0 Å². The first kappa shape index (κ1) is 12.2. The van der Waals surface area contributed by atoms with Crippen LogP contribution in [0.15, 0.2) is 18.2 Å². The van der Waals surface area contributed by atoms with Crippen LogP contribution in [0.1, 0.15) is 25.3 Å². The molecule has 2 fully saturated rings. The van der Waals surface area contributed by atoms with Crippen molar-refractivity contribution in [3.05, 3.63) is 23.8 Å². The Labute approximate surface area is 112 Å². The van der Waals surface area contributed by atoms with Gasteiger partial charge in [0.2, 0.25) is 11.8 Å². The smallest absolute Gasteiger partial charge is 0.237 e. The number of anilines is 1. The van der Waals surface area contributed by atoms with Gasteiger partial charge in [-0.05, 0) is 49.4 Å². The number of rotatable bonds is 1. The quantitative estimate of drug-likeness (QED) is 0.787. The van der Waals surface area contributed by atoms with Crippen LogP contribution in [-0.4, -0.2) is 16.9 Å². The fourth-order valence-corrected chi connectivity index (χ4v) is 3.41. The fourth-order valence-electron chi connectivity index (χ4n) is 3.41. The van der Waals surface area contributed by atoms with Crippen molar-refractivity contribution >= 4 is 17.5 Å². The molecule has 0 spiro atoms. The number of amides is 2. The van der Waals surface area contributed by atoms with E-state index in [4.69, 9.17) is 0 Å². The lowest BCUT2D eigenvalue weighted by molar-refractivity contribution is -0.123. The van der Waals surface area contributed by atoms with Gasteiger partial charge in [-0.2, -0.15) is 0 Å². The Bertz CT molecular complexity index is 543. The Morgan fingerprint density at radius 2 is 1.74 bits per heavy atom. The number of hydrogen-bond acceptors (Lipinski definition) is 3. The Balaban J connectivity index is 1.99. The molecule has 100 valence electrons. The third-order valence-corrected chi connectivity index (χ3v) is 4.29. The van der Waals surface area contributed by atoms with Crippen molar-refractivity contribution in [3.63, 3.8) is 0 Å². The minimum atomic E-state index is -0.143. The third kappa shape index (κ3) is 1.74. The minimum Gasteiger partial charge on any atom is -0.508 e. The molecule has 1 aromatic rings. The molecule has 1 N–H and O–H groups in total. The first-order valence-electron chi connectivity index (χ1n) is 6.66. The van der Waals surface area contributed by atoms with Crippen LogP contribution < -0.4 is 4.90 Å². The summed E-state index contributed by atoms with van der Waals surface area (Å²) < 4.78 is 0. The van der Waals surface area contributed by atoms with Gasteiger partial charge in [-0.15, -0.1) is 0 Å². The fraction of sp³-hybridized carbons (Fsp3) is 0.467. The summed E-state index contributed by atoms with van der Waals surface area (Å²) in [4.78, 5) is 26.2. The van der Waals surface area contributed by atoms with Crippen molar-refractivity contribution < 1.29 is 14.7 Å². The van der Waals surface area contributed by atoms with Crippen molar-refractivity contribution in [2.24, 2.45) is 17.8 Å². The molecule has 19 heavy (non-hydrogen) atoms. The molecule has 0 aromatic heterocycles. The number of aromatic hydroxyl groups is 1. The van der Waals surface area contributed by atoms with E-state index in [0.717, 1.165) is 18.4 Å². The topological polar surface area (TPSA) is 57.6 Å². The molecule has 1 heterocycles. The average molecular weight is 259 g/mol. The summed E-state index contributed by atoms with van der Waals surface area (Å²) >= 11 is 0. The number of phenolic OH excluding ortho intramolecular Hbond substituents is 1. The zero-order valence-corrected chi connectivity index (χ0v) is 11.1. The number of phenols is 1. The van der Waals surface area contributed by atoms with Gasteiger partial charge < -0.3 is 5.11 Å². The lowest BCUT2D eigenvalue weighted by Gasteiger charge is -2.19. The molecule has 1 saturated heterocycles. The summed E-state index contributed by atoms with van der Waals surface area (Å²) in [5, 5.41) is 9.42. The van der Waals surface area contributed by atoms with Gasteiger partial charge in [0.05, 0.1) is 17.5 Å². The molecule has 0 radical (unpaired) electrons. The van der Waals surface area contributed by atoms with Crippen LogP contribution in [0.2, 0.25) is 0 Å². The zero-order valence-electron chi connectivity index (χ0n) is 11.1. The molecule has 4 heteroatoms. The molecule has 0 bridgehead atoms. The predicted octanol–water partition coefficient (Wildman–Crippen LogP) is 2.24. The van der Waals surface area contributed by atoms with Gasteiger partial charge in [-0.1, -0.05) is 6.92 Å². The largest absolute Gasteiger partial charge is 0.508 e. The zero-order chi connectivity index (χ0) is 13.7. The highest BCUT2D eigenvalue weighted by atomic mass is 16.3. The standard InChI is InChI=1S/C15H17NO3/c1-8-5-11-12(6-8)15(19)16(14(11)18)13-4-3-10(17)7-9(13)2/h3-4,7-8,11-12,17H,5-6H2,1-2H3.